The number of hydrogen-bond donors (Lipinski definition) is 2. The van der Waals surface area contributed by atoms with Crippen LogP contribution in [0.3, 0.4) is 0 Å². The topological polar surface area (TPSA) is 98.7 Å². The maximum Gasteiger partial charge on any atom is 1.00 e. The van der Waals surface area contributed by atoms with Crippen LogP contribution in [-0.2, 0) is 14.3 Å². The van der Waals surface area contributed by atoms with Gasteiger partial charge in [0.15, 0.2) is 0 Å². The molecule has 0 radical (unpaired) electrons. The van der Waals surface area contributed by atoms with E-state index in [2.05, 4.69) is 10.1 Å². The second-order valence-corrected chi connectivity index (χ2v) is 3.84. The van der Waals surface area contributed by atoms with Crippen LogP contribution < -0.4 is 40.0 Å². The van der Waals surface area contributed by atoms with Crippen molar-refractivity contribution >= 4 is 11.9 Å². The summed E-state index contributed by atoms with van der Waals surface area (Å²) in [6.45, 7) is 1.55. The zero-order valence-electron chi connectivity index (χ0n) is 11.5. The molecule has 0 saturated carbocycles. The van der Waals surface area contributed by atoms with Crippen molar-refractivity contribution in [1.29, 1.82) is 0 Å². The van der Waals surface area contributed by atoms with Crippen LogP contribution in [0.5, 0.6) is 5.75 Å². The average molecular weight is 287 g/mol. The van der Waals surface area contributed by atoms with Gasteiger partial charge in [0.25, 0.3) is 0 Å². The summed E-state index contributed by atoms with van der Waals surface area (Å²) in [4.78, 5) is 22.2. The van der Waals surface area contributed by atoms with Gasteiger partial charge in [-0.3, -0.25) is 0 Å². The molecule has 1 aromatic carbocycles. The Kier molecular flexibility index (Phi) is 7.98. The summed E-state index contributed by atoms with van der Waals surface area (Å²) >= 11 is 0. The molecule has 0 unspecified atom stereocenters. The molecule has 7 heteroatoms. The van der Waals surface area contributed by atoms with Gasteiger partial charge in [0.1, 0.15) is 6.04 Å². The number of carbonyl (C=O) groups excluding carboxylic acids is 1. The van der Waals surface area contributed by atoms with Gasteiger partial charge in [0.05, 0.1) is 7.11 Å². The first-order valence-electron chi connectivity index (χ1n) is 5.46. The number of carboxylic acids is 1. The fraction of sp³-hybridized carbons (Fsp3) is 0.231. The zero-order chi connectivity index (χ0) is 14.4. The van der Waals surface area contributed by atoms with Crippen molar-refractivity contribution in [1.82, 2.24) is 5.32 Å². The van der Waals surface area contributed by atoms with Gasteiger partial charge in [0.2, 0.25) is 0 Å². The molecule has 0 amide bonds. The SMILES string of the molecule is COC(=O)/C=C(/C)N[C@@H](C(=O)O)c1ccc([O-])cc1.[Na+]. The van der Waals surface area contributed by atoms with Gasteiger partial charge in [-0.1, -0.05) is 24.3 Å². The molecule has 0 aliphatic rings. The van der Waals surface area contributed by atoms with Crippen molar-refractivity contribution in [3.8, 4) is 5.75 Å². The average Bonchev–Trinajstić information content (AvgIpc) is 2.36. The number of carboxylic acid groups (broad SMARTS) is 1. The monoisotopic (exact) mass is 287 g/mol. The molecule has 0 aliphatic heterocycles. The Morgan fingerprint density at radius 3 is 2.35 bits per heavy atom. The standard InChI is InChI=1S/C13H15NO5.Na/c1-8(7-11(16)19-2)14-12(13(17)18)9-3-5-10(15)6-4-9;/h3-7,12,14-15H,1-2H3,(H,17,18);/q;+1/p-1/b8-7-;/t12-;/m1./s1. The summed E-state index contributed by atoms with van der Waals surface area (Å²) in [6, 6.07) is 4.39. The predicted octanol–water partition coefficient (Wildman–Crippen LogP) is -2.44. The maximum atomic E-state index is 11.2. The minimum atomic E-state index is -1.11. The number of ether oxygens (including phenoxy) is 1. The van der Waals surface area contributed by atoms with Crippen LogP contribution in [0.15, 0.2) is 36.0 Å². The third-order valence-electron chi connectivity index (χ3n) is 2.37. The minimum absolute atomic E-state index is 0. The van der Waals surface area contributed by atoms with Crippen molar-refractivity contribution < 1.29 is 54.1 Å². The summed E-state index contributed by atoms with van der Waals surface area (Å²) in [6.07, 6.45) is 1.15. The first-order valence-corrected chi connectivity index (χ1v) is 5.46. The summed E-state index contributed by atoms with van der Waals surface area (Å²) < 4.78 is 4.44. The van der Waals surface area contributed by atoms with Crippen molar-refractivity contribution in [2.45, 2.75) is 13.0 Å². The molecule has 0 aliphatic carbocycles. The van der Waals surface area contributed by atoms with Gasteiger partial charge in [-0.2, -0.15) is 0 Å². The largest absolute Gasteiger partial charge is 1.00 e. The Balaban J connectivity index is 0.00000361. The van der Waals surface area contributed by atoms with E-state index >= 15 is 0 Å². The molecule has 0 saturated heterocycles. The number of aliphatic carboxylic acids is 1. The molecule has 0 bridgehead atoms. The van der Waals surface area contributed by atoms with Gasteiger partial charge in [0, 0.05) is 11.8 Å². The molecule has 0 spiro atoms. The van der Waals surface area contributed by atoms with Gasteiger partial charge in [-0.25, -0.2) is 9.59 Å². The third-order valence-corrected chi connectivity index (χ3v) is 2.37. The van der Waals surface area contributed by atoms with Gasteiger partial charge in [-0.05, 0) is 12.5 Å². The number of hydrogen-bond acceptors (Lipinski definition) is 5. The molecule has 0 aromatic heterocycles. The number of benzene rings is 1. The van der Waals surface area contributed by atoms with E-state index in [1.54, 1.807) is 6.92 Å². The van der Waals surface area contributed by atoms with E-state index in [4.69, 9.17) is 5.11 Å². The van der Waals surface area contributed by atoms with Crippen LogP contribution in [0.1, 0.15) is 18.5 Å². The molecule has 0 heterocycles. The second kappa shape index (κ2) is 8.63. The van der Waals surface area contributed by atoms with Crippen LogP contribution in [0, 0.1) is 0 Å². The van der Waals surface area contributed by atoms with E-state index in [1.807, 2.05) is 0 Å². The summed E-state index contributed by atoms with van der Waals surface area (Å²) in [5.41, 5.74) is 0.773. The molecular weight excluding hydrogens is 273 g/mol. The summed E-state index contributed by atoms with van der Waals surface area (Å²) in [7, 11) is 1.23. The van der Waals surface area contributed by atoms with E-state index in [0.717, 1.165) is 6.08 Å². The van der Waals surface area contributed by atoms with Crippen LogP contribution in [0.25, 0.3) is 0 Å². The quantitative estimate of drug-likeness (QED) is 0.354. The van der Waals surface area contributed by atoms with E-state index in [0.29, 0.717) is 11.3 Å². The van der Waals surface area contributed by atoms with Gasteiger partial charge >= 0.3 is 41.5 Å². The summed E-state index contributed by atoms with van der Waals surface area (Å²) in [5.74, 6) is -1.89. The number of esters is 1. The molecule has 1 atom stereocenters. The molecule has 102 valence electrons. The van der Waals surface area contributed by atoms with E-state index in [-0.39, 0.29) is 35.3 Å². The van der Waals surface area contributed by atoms with Crippen molar-refractivity contribution in [3.05, 3.63) is 41.6 Å². The van der Waals surface area contributed by atoms with Gasteiger partial charge < -0.3 is 20.3 Å². The maximum absolute atomic E-state index is 11.2. The second-order valence-electron chi connectivity index (χ2n) is 3.84. The zero-order valence-corrected chi connectivity index (χ0v) is 13.5. The van der Waals surface area contributed by atoms with Crippen molar-refractivity contribution in [2.75, 3.05) is 7.11 Å². The minimum Gasteiger partial charge on any atom is -0.872 e. The first-order chi connectivity index (χ1) is 8.93. The molecule has 6 nitrogen and oxygen atoms in total. The third kappa shape index (κ3) is 5.64. The molecule has 1 aromatic rings. The number of rotatable bonds is 5. The van der Waals surface area contributed by atoms with E-state index < -0.39 is 18.0 Å². The number of allylic oxidation sites excluding steroid dienone is 1. The molecule has 0 fully saturated rings. The molecule has 2 N–H and O–H groups in total. The number of nitrogens with one attached hydrogen (secondary N) is 1. The van der Waals surface area contributed by atoms with Crippen molar-refractivity contribution in [3.63, 3.8) is 0 Å². The number of carbonyl (C=O) groups is 2. The van der Waals surface area contributed by atoms with E-state index in [1.165, 1.54) is 31.4 Å². The molecule has 20 heavy (non-hydrogen) atoms. The first kappa shape index (κ1) is 18.5. The number of methoxy groups -OCH3 is 1. The Morgan fingerprint density at radius 2 is 1.90 bits per heavy atom. The van der Waals surface area contributed by atoms with Crippen LogP contribution in [0.4, 0.5) is 0 Å². The van der Waals surface area contributed by atoms with Crippen LogP contribution in [-0.4, -0.2) is 24.2 Å². The summed E-state index contributed by atoms with van der Waals surface area (Å²) in [5, 5.41) is 22.8. The van der Waals surface area contributed by atoms with Crippen molar-refractivity contribution in [2.24, 2.45) is 0 Å². The fourth-order valence-corrected chi connectivity index (χ4v) is 1.45. The molecule has 1 rings (SSSR count). The normalized spacial score (nSPS) is 12.0. The Bertz CT molecular complexity index is 498. The Morgan fingerprint density at radius 1 is 1.35 bits per heavy atom. The predicted molar refractivity (Wildman–Crippen MR) is 65.2 cm³/mol. The van der Waals surface area contributed by atoms with E-state index in [9.17, 15) is 14.7 Å². The smallest absolute Gasteiger partial charge is 0.872 e. The fourth-order valence-electron chi connectivity index (χ4n) is 1.45. The van der Waals surface area contributed by atoms with Crippen LogP contribution in [0.2, 0.25) is 0 Å². The van der Waals surface area contributed by atoms with Crippen LogP contribution >= 0.6 is 0 Å². The van der Waals surface area contributed by atoms with Gasteiger partial charge in [-0.15, -0.1) is 5.75 Å². The Labute approximate surface area is 138 Å². The molecular formula is C13H14NNaO5. The Hall–Kier alpha value is -1.50.